The first-order valence-electron chi connectivity index (χ1n) is 6.11. The van der Waals surface area contributed by atoms with Crippen LogP contribution in [0.3, 0.4) is 0 Å². The number of benzene rings is 1. The van der Waals surface area contributed by atoms with Crippen molar-refractivity contribution in [2.24, 2.45) is 0 Å². The molecule has 1 aromatic carbocycles. The van der Waals surface area contributed by atoms with Crippen molar-refractivity contribution >= 4 is 5.95 Å². The zero-order valence-corrected chi connectivity index (χ0v) is 10.5. The van der Waals surface area contributed by atoms with Gasteiger partial charge in [0.05, 0.1) is 5.69 Å². The van der Waals surface area contributed by atoms with E-state index in [1.807, 2.05) is 13.0 Å². The summed E-state index contributed by atoms with van der Waals surface area (Å²) in [5.74, 6) is 0.966. The third-order valence-corrected chi connectivity index (χ3v) is 2.65. The minimum absolute atomic E-state index is 0.820. The quantitative estimate of drug-likeness (QED) is 0.853. The van der Waals surface area contributed by atoms with Gasteiger partial charge in [0, 0.05) is 19.3 Å². The number of aromatic nitrogens is 2. The molecule has 2 aromatic rings. The highest BCUT2D eigenvalue weighted by Crippen LogP contribution is 2.10. The Labute approximate surface area is 103 Å². The van der Waals surface area contributed by atoms with Gasteiger partial charge in [0.15, 0.2) is 0 Å². The van der Waals surface area contributed by atoms with E-state index in [4.69, 9.17) is 0 Å². The molecule has 0 saturated heterocycles. The Morgan fingerprint density at radius 1 is 1.24 bits per heavy atom. The summed E-state index contributed by atoms with van der Waals surface area (Å²) in [7, 11) is 0. The van der Waals surface area contributed by atoms with Crippen LogP contribution in [-0.4, -0.2) is 9.55 Å². The van der Waals surface area contributed by atoms with Crippen molar-refractivity contribution in [1.29, 1.82) is 0 Å². The van der Waals surface area contributed by atoms with Gasteiger partial charge in [-0.15, -0.1) is 0 Å². The summed E-state index contributed by atoms with van der Waals surface area (Å²) in [6.07, 6.45) is 3.21. The fourth-order valence-corrected chi connectivity index (χ4v) is 1.88. The lowest BCUT2D eigenvalue weighted by molar-refractivity contribution is 0.681. The minimum Gasteiger partial charge on any atom is -0.352 e. The molecule has 0 spiro atoms. The van der Waals surface area contributed by atoms with E-state index in [1.54, 1.807) is 0 Å². The molecule has 0 fully saturated rings. The zero-order valence-electron chi connectivity index (χ0n) is 10.5. The lowest BCUT2D eigenvalue weighted by Gasteiger charge is -2.08. The van der Waals surface area contributed by atoms with E-state index in [2.05, 4.69) is 52.3 Å². The highest BCUT2D eigenvalue weighted by molar-refractivity contribution is 5.31. The Hall–Kier alpha value is -1.77. The molecular formula is C14H19N3. The predicted molar refractivity (Wildman–Crippen MR) is 71.0 cm³/mol. The molecule has 0 unspecified atom stereocenters. The van der Waals surface area contributed by atoms with Gasteiger partial charge in [-0.3, -0.25) is 0 Å². The summed E-state index contributed by atoms with van der Waals surface area (Å²) in [6.45, 7) is 6.04. The summed E-state index contributed by atoms with van der Waals surface area (Å²) < 4.78 is 2.18. The molecule has 0 aliphatic rings. The van der Waals surface area contributed by atoms with Crippen molar-refractivity contribution < 1.29 is 0 Å². The molecule has 0 aliphatic carbocycles. The molecule has 3 heteroatoms. The van der Waals surface area contributed by atoms with Gasteiger partial charge in [0.1, 0.15) is 0 Å². The van der Waals surface area contributed by atoms with Gasteiger partial charge in [-0.1, -0.05) is 37.3 Å². The first-order chi connectivity index (χ1) is 8.29. The second-order valence-electron chi connectivity index (χ2n) is 4.24. The van der Waals surface area contributed by atoms with Gasteiger partial charge < -0.3 is 9.88 Å². The van der Waals surface area contributed by atoms with Crippen LogP contribution in [0.4, 0.5) is 5.95 Å². The Balaban J connectivity index is 2.03. The molecular weight excluding hydrogens is 210 g/mol. The molecule has 0 atom stereocenters. The SMILES string of the molecule is CCCn1cc(C)nc1NCc1ccccc1. The number of imidazole rings is 1. The maximum absolute atomic E-state index is 4.50. The maximum Gasteiger partial charge on any atom is 0.203 e. The van der Waals surface area contributed by atoms with Crippen molar-refractivity contribution in [3.05, 3.63) is 47.8 Å². The molecule has 0 amide bonds. The van der Waals surface area contributed by atoms with Crippen LogP contribution >= 0.6 is 0 Å². The first kappa shape index (κ1) is 11.7. The van der Waals surface area contributed by atoms with Gasteiger partial charge in [-0.25, -0.2) is 4.98 Å². The Morgan fingerprint density at radius 3 is 2.71 bits per heavy atom. The third kappa shape index (κ3) is 3.09. The van der Waals surface area contributed by atoms with E-state index >= 15 is 0 Å². The Kier molecular flexibility index (Phi) is 3.81. The van der Waals surface area contributed by atoms with Crippen LogP contribution < -0.4 is 5.32 Å². The molecule has 0 radical (unpaired) electrons. The van der Waals surface area contributed by atoms with Gasteiger partial charge in [0.25, 0.3) is 0 Å². The average Bonchev–Trinajstić information content (AvgIpc) is 2.69. The summed E-state index contributed by atoms with van der Waals surface area (Å²) >= 11 is 0. The van der Waals surface area contributed by atoms with Crippen LogP contribution in [0.25, 0.3) is 0 Å². The van der Waals surface area contributed by atoms with Gasteiger partial charge in [-0.05, 0) is 18.9 Å². The molecule has 2 rings (SSSR count). The molecule has 1 aromatic heterocycles. The Bertz CT molecular complexity index is 460. The normalized spacial score (nSPS) is 10.5. The summed E-state index contributed by atoms with van der Waals surface area (Å²) in [4.78, 5) is 4.50. The van der Waals surface area contributed by atoms with Crippen LogP contribution in [0.2, 0.25) is 0 Å². The van der Waals surface area contributed by atoms with Crippen molar-refractivity contribution in [3.63, 3.8) is 0 Å². The van der Waals surface area contributed by atoms with E-state index in [0.29, 0.717) is 0 Å². The topological polar surface area (TPSA) is 29.9 Å². The lowest BCUT2D eigenvalue weighted by Crippen LogP contribution is -2.07. The van der Waals surface area contributed by atoms with Crippen LogP contribution in [0.5, 0.6) is 0 Å². The molecule has 3 nitrogen and oxygen atoms in total. The standard InChI is InChI=1S/C14H19N3/c1-3-9-17-11-12(2)16-14(17)15-10-13-7-5-4-6-8-13/h4-8,11H,3,9-10H2,1-2H3,(H,15,16). The van der Waals surface area contributed by atoms with Gasteiger partial charge >= 0.3 is 0 Å². The number of nitrogens with zero attached hydrogens (tertiary/aromatic N) is 2. The number of rotatable bonds is 5. The lowest BCUT2D eigenvalue weighted by atomic mass is 10.2. The number of anilines is 1. The molecule has 0 bridgehead atoms. The fraction of sp³-hybridized carbons (Fsp3) is 0.357. The summed E-state index contributed by atoms with van der Waals surface area (Å²) in [6, 6.07) is 10.4. The maximum atomic E-state index is 4.50. The highest BCUT2D eigenvalue weighted by atomic mass is 15.2. The van der Waals surface area contributed by atoms with Crippen LogP contribution in [0, 0.1) is 6.92 Å². The zero-order chi connectivity index (χ0) is 12.1. The predicted octanol–water partition coefficient (Wildman–Crippen LogP) is 3.21. The van der Waals surface area contributed by atoms with Crippen LogP contribution in [0.15, 0.2) is 36.5 Å². The van der Waals surface area contributed by atoms with E-state index in [1.165, 1.54) is 5.56 Å². The first-order valence-corrected chi connectivity index (χ1v) is 6.11. The number of aryl methyl sites for hydroxylation is 2. The second kappa shape index (κ2) is 5.53. The Morgan fingerprint density at radius 2 is 2.00 bits per heavy atom. The number of hydrogen-bond donors (Lipinski definition) is 1. The minimum atomic E-state index is 0.820. The van der Waals surface area contributed by atoms with Crippen molar-refractivity contribution in [2.45, 2.75) is 33.4 Å². The summed E-state index contributed by atoms with van der Waals surface area (Å²) in [5.41, 5.74) is 2.34. The van der Waals surface area contributed by atoms with E-state index in [9.17, 15) is 0 Å². The van der Waals surface area contributed by atoms with Crippen molar-refractivity contribution in [1.82, 2.24) is 9.55 Å². The van der Waals surface area contributed by atoms with E-state index < -0.39 is 0 Å². The smallest absolute Gasteiger partial charge is 0.203 e. The summed E-state index contributed by atoms with van der Waals surface area (Å²) in [5, 5.41) is 3.39. The van der Waals surface area contributed by atoms with Crippen molar-refractivity contribution in [3.8, 4) is 0 Å². The van der Waals surface area contributed by atoms with Crippen LogP contribution in [-0.2, 0) is 13.1 Å². The monoisotopic (exact) mass is 229 g/mol. The molecule has 90 valence electrons. The largest absolute Gasteiger partial charge is 0.352 e. The third-order valence-electron chi connectivity index (χ3n) is 2.65. The number of nitrogens with one attached hydrogen (secondary N) is 1. The molecule has 0 aliphatic heterocycles. The van der Waals surface area contributed by atoms with E-state index in [0.717, 1.165) is 31.2 Å². The average molecular weight is 229 g/mol. The second-order valence-corrected chi connectivity index (χ2v) is 4.24. The molecule has 17 heavy (non-hydrogen) atoms. The molecule has 1 N–H and O–H groups in total. The van der Waals surface area contributed by atoms with E-state index in [-0.39, 0.29) is 0 Å². The van der Waals surface area contributed by atoms with Gasteiger partial charge in [-0.2, -0.15) is 0 Å². The highest BCUT2D eigenvalue weighted by Gasteiger charge is 2.03. The molecule has 1 heterocycles. The molecule has 0 saturated carbocycles. The van der Waals surface area contributed by atoms with Gasteiger partial charge in [0.2, 0.25) is 5.95 Å². The fourth-order valence-electron chi connectivity index (χ4n) is 1.88. The number of hydrogen-bond acceptors (Lipinski definition) is 2. The van der Waals surface area contributed by atoms with Crippen molar-refractivity contribution in [2.75, 3.05) is 5.32 Å². The van der Waals surface area contributed by atoms with Crippen LogP contribution in [0.1, 0.15) is 24.6 Å².